The van der Waals surface area contributed by atoms with Crippen LogP contribution in [0.25, 0.3) is 0 Å². The fraction of sp³-hybridized carbons (Fsp3) is 0.591. The molecule has 2 saturated heterocycles. The van der Waals surface area contributed by atoms with Crippen LogP contribution >= 0.6 is 11.3 Å². The van der Waals surface area contributed by atoms with Gasteiger partial charge in [-0.1, -0.05) is 0 Å². The third-order valence-electron chi connectivity index (χ3n) is 5.50. The van der Waals surface area contributed by atoms with Crippen molar-refractivity contribution < 1.29 is 32.5 Å². The molecule has 0 aliphatic carbocycles. The van der Waals surface area contributed by atoms with Gasteiger partial charge in [0, 0.05) is 41.9 Å². The Labute approximate surface area is 200 Å². The number of anilines is 1. The fourth-order valence-electron chi connectivity index (χ4n) is 3.93. The Kier molecular flexibility index (Phi) is 8.85. The molecule has 34 heavy (non-hydrogen) atoms. The minimum Gasteiger partial charge on any atom is -0.475 e. The summed E-state index contributed by atoms with van der Waals surface area (Å²) in [6, 6.07) is 8.40. The molecule has 0 aromatic carbocycles. The third-order valence-corrected chi connectivity index (χ3v) is 6.49. The summed E-state index contributed by atoms with van der Waals surface area (Å²) in [5, 5.41) is 18.8. The van der Waals surface area contributed by atoms with Crippen LogP contribution < -0.4 is 5.32 Å². The number of alkyl halides is 3. The largest absolute Gasteiger partial charge is 0.490 e. The summed E-state index contributed by atoms with van der Waals surface area (Å²) in [4.78, 5) is 14.2. The van der Waals surface area contributed by atoms with E-state index in [4.69, 9.17) is 19.4 Å². The summed E-state index contributed by atoms with van der Waals surface area (Å²) >= 11 is 1.88. The number of carboxylic acid groups (broad SMARTS) is 1. The maximum Gasteiger partial charge on any atom is 0.490 e. The number of hydrogen-bond donors (Lipinski definition) is 2. The first-order chi connectivity index (χ1) is 16.0. The van der Waals surface area contributed by atoms with E-state index in [-0.39, 0.29) is 5.60 Å². The zero-order valence-electron chi connectivity index (χ0n) is 19.1. The van der Waals surface area contributed by atoms with Crippen LogP contribution in [0.15, 0.2) is 24.3 Å². The van der Waals surface area contributed by atoms with Gasteiger partial charge in [-0.25, -0.2) is 4.79 Å². The number of rotatable bonds is 5. The van der Waals surface area contributed by atoms with Gasteiger partial charge in [0.1, 0.15) is 11.4 Å². The van der Waals surface area contributed by atoms with Crippen LogP contribution in [0.3, 0.4) is 0 Å². The lowest BCUT2D eigenvalue weighted by Gasteiger charge is -2.31. The molecular weight excluding hydrogens is 473 g/mol. The molecule has 2 aliphatic heterocycles. The normalized spacial score (nSPS) is 23.3. The Balaban J connectivity index is 0.000000406. The zero-order valence-corrected chi connectivity index (χ0v) is 19.9. The monoisotopic (exact) mass is 502 g/mol. The molecule has 2 aromatic rings. The van der Waals surface area contributed by atoms with Gasteiger partial charge in [0.25, 0.3) is 0 Å². The molecule has 0 amide bonds. The number of nitrogens with zero attached hydrogens (tertiary/aromatic N) is 3. The lowest BCUT2D eigenvalue weighted by molar-refractivity contribution is -0.192. The van der Waals surface area contributed by atoms with Crippen molar-refractivity contribution in [1.82, 2.24) is 15.1 Å². The first-order valence-electron chi connectivity index (χ1n) is 10.9. The Bertz CT molecular complexity index is 941. The molecule has 2 atom stereocenters. The molecular formula is C22H29F3N4O4S. The number of aliphatic carboxylic acids is 1. The van der Waals surface area contributed by atoms with E-state index in [2.05, 4.69) is 39.5 Å². The van der Waals surface area contributed by atoms with Crippen molar-refractivity contribution in [3.8, 4) is 0 Å². The molecule has 8 nitrogen and oxygen atoms in total. The smallest absolute Gasteiger partial charge is 0.475 e. The molecule has 188 valence electrons. The SMILES string of the molecule is Cc1ccc(NCC2COC3(COCCN(Cc4ccc(C)s4)C3)C2)nn1.O=C(O)C(F)(F)F. The van der Waals surface area contributed by atoms with Crippen LogP contribution in [-0.4, -0.2) is 77.4 Å². The summed E-state index contributed by atoms with van der Waals surface area (Å²) in [6.07, 6.45) is -4.07. The zero-order chi connectivity index (χ0) is 24.8. The van der Waals surface area contributed by atoms with E-state index in [0.29, 0.717) is 12.5 Å². The number of thiophene rings is 1. The summed E-state index contributed by atoms with van der Waals surface area (Å²) in [7, 11) is 0. The van der Waals surface area contributed by atoms with Crippen molar-refractivity contribution in [3.63, 3.8) is 0 Å². The minimum atomic E-state index is -5.08. The van der Waals surface area contributed by atoms with E-state index in [0.717, 1.165) is 57.3 Å². The number of carboxylic acids is 1. The van der Waals surface area contributed by atoms with Gasteiger partial charge >= 0.3 is 12.1 Å². The van der Waals surface area contributed by atoms with Gasteiger partial charge in [-0.05, 0) is 44.5 Å². The van der Waals surface area contributed by atoms with Gasteiger partial charge < -0.3 is 19.9 Å². The fourth-order valence-corrected chi connectivity index (χ4v) is 4.86. The van der Waals surface area contributed by atoms with Crippen LogP contribution in [0.5, 0.6) is 0 Å². The van der Waals surface area contributed by atoms with Gasteiger partial charge in [0.05, 0.1) is 25.5 Å². The predicted octanol–water partition coefficient (Wildman–Crippen LogP) is 3.51. The average Bonchev–Trinajstić information content (AvgIpc) is 3.30. The lowest BCUT2D eigenvalue weighted by atomic mass is 9.94. The van der Waals surface area contributed by atoms with Gasteiger partial charge in [-0.3, -0.25) is 4.90 Å². The van der Waals surface area contributed by atoms with Gasteiger partial charge in [0.2, 0.25) is 0 Å². The highest BCUT2D eigenvalue weighted by molar-refractivity contribution is 7.11. The number of aryl methyl sites for hydroxylation is 2. The molecule has 2 unspecified atom stereocenters. The Morgan fingerprint density at radius 1 is 1.29 bits per heavy atom. The van der Waals surface area contributed by atoms with E-state index >= 15 is 0 Å². The van der Waals surface area contributed by atoms with Crippen LogP contribution in [0, 0.1) is 19.8 Å². The molecule has 0 radical (unpaired) electrons. The number of carbonyl (C=O) groups is 1. The highest BCUT2D eigenvalue weighted by Crippen LogP contribution is 2.33. The standard InChI is InChI=1S/C20H28N4O2S.C2HF3O2/c1-15-3-6-19(23-22-15)21-10-17-9-20(26-12-17)13-24(7-8-25-14-20)11-18-5-4-16(2)27-18;3-2(4,5)1(6)7/h3-6,17H,7-14H2,1-2H3,(H,21,23);(H,6,7). The lowest BCUT2D eigenvalue weighted by Crippen LogP contribution is -2.43. The van der Waals surface area contributed by atoms with E-state index < -0.39 is 12.1 Å². The number of hydrogen-bond acceptors (Lipinski definition) is 8. The Morgan fingerprint density at radius 3 is 2.68 bits per heavy atom. The first kappa shape index (κ1) is 26.3. The van der Waals surface area contributed by atoms with Crippen molar-refractivity contribution in [2.45, 2.75) is 38.6 Å². The number of ether oxygens (including phenoxy) is 2. The van der Waals surface area contributed by atoms with Crippen molar-refractivity contribution >= 4 is 23.1 Å². The van der Waals surface area contributed by atoms with Crippen LogP contribution in [-0.2, 0) is 20.8 Å². The maximum atomic E-state index is 10.6. The number of aromatic nitrogens is 2. The second-order valence-corrected chi connectivity index (χ2v) is 9.96. The molecule has 2 aromatic heterocycles. The second kappa shape index (κ2) is 11.4. The van der Waals surface area contributed by atoms with E-state index in [9.17, 15) is 13.2 Å². The van der Waals surface area contributed by atoms with Crippen LogP contribution in [0.1, 0.15) is 21.9 Å². The summed E-state index contributed by atoms with van der Waals surface area (Å²) in [5.41, 5.74) is 0.744. The highest BCUT2D eigenvalue weighted by Gasteiger charge is 2.43. The van der Waals surface area contributed by atoms with Crippen molar-refractivity contribution in [2.24, 2.45) is 5.92 Å². The molecule has 2 N–H and O–H groups in total. The van der Waals surface area contributed by atoms with Gasteiger partial charge in [-0.2, -0.15) is 18.3 Å². The van der Waals surface area contributed by atoms with Crippen molar-refractivity contribution in [3.05, 3.63) is 39.7 Å². The molecule has 4 heterocycles. The summed E-state index contributed by atoms with van der Waals surface area (Å²) < 4.78 is 44.0. The molecule has 12 heteroatoms. The van der Waals surface area contributed by atoms with Crippen molar-refractivity contribution in [1.29, 1.82) is 0 Å². The average molecular weight is 503 g/mol. The molecule has 2 fully saturated rings. The Hall–Kier alpha value is -2.28. The predicted molar refractivity (Wildman–Crippen MR) is 121 cm³/mol. The van der Waals surface area contributed by atoms with Crippen LogP contribution in [0.4, 0.5) is 19.0 Å². The summed E-state index contributed by atoms with van der Waals surface area (Å²) in [5.74, 6) is -1.47. The third kappa shape index (κ3) is 7.90. The van der Waals surface area contributed by atoms with Crippen LogP contribution in [0.2, 0.25) is 0 Å². The highest BCUT2D eigenvalue weighted by atomic mass is 32.1. The topological polar surface area (TPSA) is 96.8 Å². The van der Waals surface area contributed by atoms with Gasteiger partial charge in [-0.15, -0.1) is 16.4 Å². The minimum absolute atomic E-state index is 0.186. The van der Waals surface area contributed by atoms with E-state index in [1.54, 1.807) is 0 Å². The Morgan fingerprint density at radius 2 is 2.06 bits per heavy atom. The molecule has 4 rings (SSSR count). The second-order valence-electron chi connectivity index (χ2n) is 8.58. The van der Waals surface area contributed by atoms with E-state index in [1.807, 2.05) is 30.4 Å². The molecule has 0 bridgehead atoms. The molecule has 2 aliphatic rings. The number of nitrogens with one attached hydrogen (secondary N) is 1. The quantitative estimate of drug-likeness (QED) is 0.641. The first-order valence-corrected chi connectivity index (χ1v) is 11.7. The van der Waals surface area contributed by atoms with Crippen molar-refractivity contribution in [2.75, 3.05) is 44.8 Å². The van der Waals surface area contributed by atoms with Gasteiger partial charge in [0.15, 0.2) is 0 Å². The maximum absolute atomic E-state index is 10.6. The van der Waals surface area contributed by atoms with E-state index in [1.165, 1.54) is 9.75 Å². The molecule has 0 saturated carbocycles. The summed E-state index contributed by atoms with van der Waals surface area (Å²) in [6.45, 7) is 10.1. The number of halogens is 3. The molecule has 1 spiro atoms.